The van der Waals surface area contributed by atoms with Crippen LogP contribution in [-0.2, 0) is 4.74 Å². The number of rotatable bonds is 3. The topological polar surface area (TPSA) is 106 Å². The number of benzene rings is 1. The molecule has 1 fully saturated rings. The normalized spacial score (nSPS) is 19.5. The molecule has 0 radical (unpaired) electrons. The number of hydrogen-bond acceptors (Lipinski definition) is 5. The van der Waals surface area contributed by atoms with Crippen LogP contribution in [0.5, 0.6) is 0 Å². The standard InChI is InChI=1S/C20H27ClN4O4/c1-5-15-10-24(16(12-26)11-25(15)19(28)29-20(2,3)4)18(27)23-17-7-6-14(21)8-13(17)9-22/h6-8,15-16,26H,5,10-12H2,1-4H3,(H,23,27)/t15-,16+/m1/s1. The number of carbonyl (C=O) groups excluding carboxylic acids is 2. The van der Waals surface area contributed by atoms with Crippen molar-refractivity contribution in [2.75, 3.05) is 25.0 Å². The Kier molecular flexibility index (Phi) is 7.33. The number of halogens is 1. The van der Waals surface area contributed by atoms with Crippen LogP contribution in [0.4, 0.5) is 15.3 Å². The Morgan fingerprint density at radius 3 is 2.52 bits per heavy atom. The summed E-state index contributed by atoms with van der Waals surface area (Å²) in [5, 5.41) is 22.2. The molecule has 1 saturated heterocycles. The number of ether oxygens (including phenoxy) is 1. The molecule has 1 aromatic carbocycles. The van der Waals surface area contributed by atoms with E-state index in [4.69, 9.17) is 16.3 Å². The van der Waals surface area contributed by atoms with Gasteiger partial charge in [-0.15, -0.1) is 0 Å². The van der Waals surface area contributed by atoms with Gasteiger partial charge >= 0.3 is 12.1 Å². The minimum Gasteiger partial charge on any atom is -0.444 e. The third-order valence-corrected chi connectivity index (χ3v) is 4.85. The van der Waals surface area contributed by atoms with Crippen LogP contribution in [0.1, 0.15) is 39.7 Å². The molecule has 1 aliphatic heterocycles. The molecule has 9 heteroatoms. The first kappa shape index (κ1) is 22.8. The fraction of sp³-hybridized carbons (Fsp3) is 0.550. The highest BCUT2D eigenvalue weighted by Gasteiger charge is 2.39. The van der Waals surface area contributed by atoms with Gasteiger partial charge in [0.25, 0.3) is 0 Å². The van der Waals surface area contributed by atoms with Crippen LogP contribution in [0.3, 0.4) is 0 Å². The van der Waals surface area contributed by atoms with Crippen molar-refractivity contribution in [1.82, 2.24) is 9.80 Å². The van der Waals surface area contributed by atoms with Gasteiger partial charge in [-0.3, -0.25) is 0 Å². The van der Waals surface area contributed by atoms with Gasteiger partial charge < -0.3 is 25.0 Å². The molecule has 0 unspecified atom stereocenters. The third-order valence-electron chi connectivity index (χ3n) is 4.61. The van der Waals surface area contributed by atoms with E-state index in [0.717, 1.165) is 0 Å². The second kappa shape index (κ2) is 9.33. The number of nitriles is 1. The van der Waals surface area contributed by atoms with Crippen molar-refractivity contribution in [2.45, 2.75) is 51.8 Å². The van der Waals surface area contributed by atoms with E-state index < -0.39 is 23.8 Å². The maximum absolute atomic E-state index is 12.9. The zero-order valence-corrected chi connectivity index (χ0v) is 17.9. The quantitative estimate of drug-likeness (QED) is 0.776. The number of hydrogen-bond donors (Lipinski definition) is 2. The second-order valence-electron chi connectivity index (χ2n) is 7.92. The smallest absolute Gasteiger partial charge is 0.410 e. The van der Waals surface area contributed by atoms with Crippen molar-refractivity contribution in [2.24, 2.45) is 0 Å². The first-order chi connectivity index (χ1) is 13.6. The largest absolute Gasteiger partial charge is 0.444 e. The SMILES string of the molecule is CC[C@@H]1CN(C(=O)Nc2ccc(Cl)cc2C#N)[C@H](CO)CN1C(=O)OC(C)(C)C. The molecule has 2 N–H and O–H groups in total. The van der Waals surface area contributed by atoms with Gasteiger partial charge in [0, 0.05) is 18.1 Å². The van der Waals surface area contributed by atoms with E-state index in [1.54, 1.807) is 37.8 Å². The number of anilines is 1. The molecule has 29 heavy (non-hydrogen) atoms. The van der Waals surface area contributed by atoms with Crippen LogP contribution in [-0.4, -0.2) is 64.4 Å². The van der Waals surface area contributed by atoms with Crippen molar-refractivity contribution in [3.05, 3.63) is 28.8 Å². The van der Waals surface area contributed by atoms with Crippen LogP contribution >= 0.6 is 11.6 Å². The summed E-state index contributed by atoms with van der Waals surface area (Å²) in [7, 11) is 0. The molecule has 0 spiro atoms. The summed E-state index contributed by atoms with van der Waals surface area (Å²) < 4.78 is 5.47. The summed E-state index contributed by atoms with van der Waals surface area (Å²) >= 11 is 5.90. The van der Waals surface area contributed by atoms with Crippen LogP contribution in [0, 0.1) is 11.3 Å². The average molecular weight is 423 g/mol. The number of amides is 3. The van der Waals surface area contributed by atoms with Crippen molar-refractivity contribution < 1.29 is 19.4 Å². The van der Waals surface area contributed by atoms with Gasteiger partial charge in [-0.25, -0.2) is 9.59 Å². The number of piperazine rings is 1. The minimum absolute atomic E-state index is 0.156. The lowest BCUT2D eigenvalue weighted by Crippen LogP contribution is -2.63. The molecular formula is C20H27ClN4O4. The van der Waals surface area contributed by atoms with Crippen LogP contribution in [0.15, 0.2) is 18.2 Å². The molecule has 1 aromatic rings. The van der Waals surface area contributed by atoms with Crippen molar-refractivity contribution in [1.29, 1.82) is 5.26 Å². The van der Waals surface area contributed by atoms with E-state index in [-0.39, 0.29) is 31.3 Å². The van der Waals surface area contributed by atoms with Gasteiger partial charge in [0.05, 0.1) is 29.9 Å². The minimum atomic E-state index is -0.638. The highest BCUT2D eigenvalue weighted by molar-refractivity contribution is 6.30. The molecule has 158 valence electrons. The average Bonchev–Trinajstić information content (AvgIpc) is 2.66. The Bertz CT molecular complexity index is 803. The molecular weight excluding hydrogens is 396 g/mol. The number of carbonyl (C=O) groups is 2. The molecule has 2 atom stereocenters. The molecule has 0 saturated carbocycles. The predicted octanol–water partition coefficient (Wildman–Crippen LogP) is 3.44. The Labute approximate surface area is 176 Å². The van der Waals surface area contributed by atoms with Gasteiger partial charge in [0.15, 0.2) is 0 Å². The van der Waals surface area contributed by atoms with E-state index >= 15 is 0 Å². The Morgan fingerprint density at radius 2 is 1.97 bits per heavy atom. The summed E-state index contributed by atoms with van der Waals surface area (Å²) in [5.74, 6) is 0. The Hall–Kier alpha value is -2.50. The van der Waals surface area contributed by atoms with E-state index in [1.807, 2.05) is 13.0 Å². The lowest BCUT2D eigenvalue weighted by atomic mass is 10.1. The summed E-state index contributed by atoms with van der Waals surface area (Å²) in [4.78, 5) is 28.5. The van der Waals surface area contributed by atoms with Gasteiger partial charge in [-0.2, -0.15) is 5.26 Å². The first-order valence-electron chi connectivity index (χ1n) is 9.47. The molecule has 0 aliphatic carbocycles. The molecule has 2 rings (SSSR count). The highest BCUT2D eigenvalue weighted by atomic mass is 35.5. The van der Waals surface area contributed by atoms with Crippen LogP contribution < -0.4 is 5.32 Å². The summed E-state index contributed by atoms with van der Waals surface area (Å²) in [6.07, 6.45) is 0.151. The van der Waals surface area contributed by atoms with E-state index in [1.165, 1.54) is 11.0 Å². The lowest BCUT2D eigenvalue weighted by Gasteiger charge is -2.45. The van der Waals surface area contributed by atoms with Crippen LogP contribution in [0.25, 0.3) is 0 Å². The fourth-order valence-corrected chi connectivity index (χ4v) is 3.33. The number of aliphatic hydroxyl groups excluding tert-OH is 1. The number of aliphatic hydroxyl groups is 1. The number of urea groups is 1. The van der Waals surface area contributed by atoms with Gasteiger partial charge in [-0.1, -0.05) is 18.5 Å². The fourth-order valence-electron chi connectivity index (χ4n) is 3.15. The van der Waals surface area contributed by atoms with Crippen molar-refractivity contribution in [3.8, 4) is 6.07 Å². The van der Waals surface area contributed by atoms with E-state index in [0.29, 0.717) is 17.1 Å². The third kappa shape index (κ3) is 5.75. The van der Waals surface area contributed by atoms with Gasteiger partial charge in [0.2, 0.25) is 0 Å². The lowest BCUT2D eigenvalue weighted by molar-refractivity contribution is -0.0147. The van der Waals surface area contributed by atoms with Crippen LogP contribution in [0.2, 0.25) is 5.02 Å². The second-order valence-corrected chi connectivity index (χ2v) is 8.35. The summed E-state index contributed by atoms with van der Waals surface area (Å²) in [5.41, 5.74) is -0.0621. The van der Waals surface area contributed by atoms with Gasteiger partial charge in [-0.05, 0) is 45.4 Å². The zero-order valence-electron chi connectivity index (χ0n) is 17.1. The number of nitrogens with one attached hydrogen (secondary N) is 1. The highest BCUT2D eigenvalue weighted by Crippen LogP contribution is 2.24. The number of nitrogens with zero attached hydrogens (tertiary/aromatic N) is 3. The van der Waals surface area contributed by atoms with E-state index in [2.05, 4.69) is 5.32 Å². The van der Waals surface area contributed by atoms with Crippen molar-refractivity contribution >= 4 is 29.4 Å². The molecule has 1 heterocycles. The maximum atomic E-state index is 12.9. The molecule has 1 aliphatic rings. The van der Waals surface area contributed by atoms with Gasteiger partial charge in [0.1, 0.15) is 11.7 Å². The zero-order chi connectivity index (χ0) is 21.8. The monoisotopic (exact) mass is 422 g/mol. The summed E-state index contributed by atoms with van der Waals surface area (Å²) in [6, 6.07) is 5.30. The first-order valence-corrected chi connectivity index (χ1v) is 9.85. The summed E-state index contributed by atoms with van der Waals surface area (Å²) in [6.45, 7) is 7.37. The van der Waals surface area contributed by atoms with Crippen molar-refractivity contribution in [3.63, 3.8) is 0 Å². The molecule has 8 nitrogen and oxygen atoms in total. The molecule has 3 amide bonds. The predicted molar refractivity (Wildman–Crippen MR) is 110 cm³/mol. The van der Waals surface area contributed by atoms with E-state index in [9.17, 15) is 20.0 Å². The Morgan fingerprint density at radius 1 is 1.31 bits per heavy atom. The molecule has 0 bridgehead atoms. The molecule has 0 aromatic heterocycles. The maximum Gasteiger partial charge on any atom is 0.410 e. The Balaban J connectivity index is 2.18.